The normalized spacial score (nSPS) is 12.0. The minimum absolute atomic E-state index is 0.0392. The van der Waals surface area contributed by atoms with Gasteiger partial charge in [-0.1, -0.05) is 23.7 Å². The second-order valence-electron chi connectivity index (χ2n) is 4.87. The highest BCUT2D eigenvalue weighted by Crippen LogP contribution is 2.16. The van der Waals surface area contributed by atoms with Gasteiger partial charge in [0.05, 0.1) is 11.7 Å². The standard InChI is InChI=1S/C15H16ClN3O3/c1-19-8-10(14(17)21)6-12(19)15(22)18-7-13(20)9-2-4-11(16)5-3-9/h2-6,8,13,20H,7H2,1H3,(H2,17,21)(H,18,22). The first-order valence-electron chi connectivity index (χ1n) is 6.56. The maximum Gasteiger partial charge on any atom is 0.268 e. The van der Waals surface area contributed by atoms with Crippen molar-refractivity contribution in [2.24, 2.45) is 12.8 Å². The van der Waals surface area contributed by atoms with E-state index in [-0.39, 0.29) is 17.8 Å². The summed E-state index contributed by atoms with van der Waals surface area (Å²) in [7, 11) is 1.64. The third-order valence-electron chi connectivity index (χ3n) is 3.23. The van der Waals surface area contributed by atoms with Gasteiger partial charge in [-0.25, -0.2) is 0 Å². The minimum atomic E-state index is -0.850. The summed E-state index contributed by atoms with van der Waals surface area (Å²) in [6.45, 7) is 0.0392. The van der Waals surface area contributed by atoms with E-state index in [1.54, 1.807) is 31.3 Å². The van der Waals surface area contributed by atoms with Gasteiger partial charge in [-0.15, -0.1) is 0 Å². The van der Waals surface area contributed by atoms with E-state index >= 15 is 0 Å². The summed E-state index contributed by atoms with van der Waals surface area (Å²) in [5.74, 6) is -1.00. The molecule has 1 heterocycles. The lowest BCUT2D eigenvalue weighted by Gasteiger charge is -2.12. The number of nitrogens with one attached hydrogen (secondary N) is 1. The number of aliphatic hydroxyl groups is 1. The van der Waals surface area contributed by atoms with Crippen LogP contribution in [-0.4, -0.2) is 28.0 Å². The molecule has 7 heteroatoms. The predicted octanol–water partition coefficient (Wildman–Crippen LogP) is 1.24. The number of primary amides is 1. The fraction of sp³-hybridized carbons (Fsp3) is 0.200. The lowest BCUT2D eigenvalue weighted by atomic mass is 10.1. The summed E-state index contributed by atoms with van der Waals surface area (Å²) >= 11 is 5.78. The molecule has 116 valence electrons. The van der Waals surface area contributed by atoms with E-state index in [0.29, 0.717) is 10.6 Å². The smallest absolute Gasteiger partial charge is 0.268 e. The van der Waals surface area contributed by atoms with Crippen LogP contribution < -0.4 is 11.1 Å². The van der Waals surface area contributed by atoms with Crippen LogP contribution in [0, 0.1) is 0 Å². The van der Waals surface area contributed by atoms with Crippen LogP contribution in [0.15, 0.2) is 36.5 Å². The third-order valence-corrected chi connectivity index (χ3v) is 3.48. The van der Waals surface area contributed by atoms with Gasteiger partial charge in [0.25, 0.3) is 5.91 Å². The molecule has 0 aliphatic carbocycles. The average molecular weight is 322 g/mol. The number of carbonyl (C=O) groups excluding carboxylic acids is 2. The van der Waals surface area contributed by atoms with E-state index in [9.17, 15) is 14.7 Å². The van der Waals surface area contributed by atoms with Crippen molar-refractivity contribution in [1.82, 2.24) is 9.88 Å². The Hall–Kier alpha value is -2.31. The summed E-state index contributed by atoms with van der Waals surface area (Å²) < 4.78 is 1.50. The summed E-state index contributed by atoms with van der Waals surface area (Å²) in [6, 6.07) is 8.11. The molecule has 0 saturated carbocycles. The van der Waals surface area contributed by atoms with Crippen molar-refractivity contribution >= 4 is 23.4 Å². The van der Waals surface area contributed by atoms with Crippen molar-refractivity contribution in [2.75, 3.05) is 6.54 Å². The van der Waals surface area contributed by atoms with Crippen LogP contribution in [0.3, 0.4) is 0 Å². The van der Waals surface area contributed by atoms with Gasteiger partial charge < -0.3 is 20.7 Å². The van der Waals surface area contributed by atoms with Crippen molar-refractivity contribution in [3.8, 4) is 0 Å². The number of nitrogens with two attached hydrogens (primary N) is 1. The molecule has 6 nitrogen and oxygen atoms in total. The minimum Gasteiger partial charge on any atom is -0.387 e. The molecule has 0 bridgehead atoms. The number of rotatable bonds is 5. The second kappa shape index (κ2) is 6.64. The molecule has 2 aromatic rings. The molecule has 2 rings (SSSR count). The number of halogens is 1. The number of aliphatic hydroxyl groups excluding tert-OH is 1. The molecule has 2 amide bonds. The number of aromatic nitrogens is 1. The highest BCUT2D eigenvalue weighted by Gasteiger charge is 2.15. The lowest BCUT2D eigenvalue weighted by molar-refractivity contribution is 0.0908. The first-order chi connectivity index (χ1) is 10.4. The van der Waals surface area contributed by atoms with E-state index in [1.807, 2.05) is 0 Å². The zero-order chi connectivity index (χ0) is 16.3. The van der Waals surface area contributed by atoms with Crippen LogP contribution in [0.25, 0.3) is 0 Å². The van der Waals surface area contributed by atoms with Crippen molar-refractivity contribution in [3.63, 3.8) is 0 Å². The highest BCUT2D eigenvalue weighted by molar-refractivity contribution is 6.30. The van der Waals surface area contributed by atoms with E-state index < -0.39 is 17.9 Å². The van der Waals surface area contributed by atoms with E-state index in [4.69, 9.17) is 17.3 Å². The van der Waals surface area contributed by atoms with Crippen LogP contribution in [0.4, 0.5) is 0 Å². The Labute approximate surface area is 132 Å². The Balaban J connectivity index is 2.00. The number of carbonyl (C=O) groups is 2. The quantitative estimate of drug-likeness (QED) is 0.773. The molecule has 1 aromatic heterocycles. The van der Waals surface area contributed by atoms with Crippen molar-refractivity contribution in [1.29, 1.82) is 0 Å². The van der Waals surface area contributed by atoms with Gasteiger partial charge in [0.2, 0.25) is 5.91 Å². The van der Waals surface area contributed by atoms with Crippen LogP contribution in [0.2, 0.25) is 5.02 Å². The molecule has 1 atom stereocenters. The third kappa shape index (κ3) is 3.66. The molecule has 0 aliphatic rings. The van der Waals surface area contributed by atoms with Gasteiger partial charge in [-0.3, -0.25) is 9.59 Å². The number of nitrogens with zero attached hydrogens (tertiary/aromatic N) is 1. The molecule has 22 heavy (non-hydrogen) atoms. The van der Waals surface area contributed by atoms with Crippen LogP contribution in [0.5, 0.6) is 0 Å². The fourth-order valence-corrected chi connectivity index (χ4v) is 2.13. The summed E-state index contributed by atoms with van der Waals surface area (Å²) in [5.41, 5.74) is 6.36. The summed E-state index contributed by atoms with van der Waals surface area (Å²) in [5, 5.41) is 13.2. The summed E-state index contributed by atoms with van der Waals surface area (Å²) in [6.07, 6.45) is 0.629. The van der Waals surface area contributed by atoms with Gasteiger partial charge >= 0.3 is 0 Å². The van der Waals surface area contributed by atoms with Crippen molar-refractivity contribution in [3.05, 3.63) is 58.4 Å². The molecule has 0 saturated heterocycles. The molecule has 0 radical (unpaired) electrons. The maximum absolute atomic E-state index is 12.1. The number of benzene rings is 1. The lowest BCUT2D eigenvalue weighted by Crippen LogP contribution is -2.29. The second-order valence-corrected chi connectivity index (χ2v) is 5.30. The number of aryl methyl sites for hydroxylation is 1. The Morgan fingerprint density at radius 2 is 2.00 bits per heavy atom. The molecule has 0 fully saturated rings. The fourth-order valence-electron chi connectivity index (χ4n) is 2.01. The Kier molecular flexibility index (Phi) is 4.85. The topological polar surface area (TPSA) is 97.4 Å². The van der Waals surface area contributed by atoms with E-state index in [0.717, 1.165) is 0 Å². The van der Waals surface area contributed by atoms with Crippen LogP contribution in [0.1, 0.15) is 32.5 Å². The Morgan fingerprint density at radius 1 is 1.36 bits per heavy atom. The SMILES string of the molecule is Cn1cc(C(N)=O)cc1C(=O)NCC(O)c1ccc(Cl)cc1. The molecular weight excluding hydrogens is 306 g/mol. The summed E-state index contributed by atoms with van der Waals surface area (Å²) in [4.78, 5) is 23.2. The highest BCUT2D eigenvalue weighted by atomic mass is 35.5. The van der Waals surface area contributed by atoms with Gasteiger partial charge in [0.15, 0.2) is 0 Å². The molecule has 0 spiro atoms. The van der Waals surface area contributed by atoms with Crippen molar-refractivity contribution < 1.29 is 14.7 Å². The average Bonchev–Trinajstić information content (AvgIpc) is 2.87. The molecular formula is C15H16ClN3O3. The van der Waals surface area contributed by atoms with Gasteiger partial charge in [-0.2, -0.15) is 0 Å². The first-order valence-corrected chi connectivity index (χ1v) is 6.94. The zero-order valence-corrected chi connectivity index (χ0v) is 12.7. The van der Waals surface area contributed by atoms with Gasteiger partial charge in [-0.05, 0) is 23.8 Å². The Bertz CT molecular complexity index is 695. The van der Waals surface area contributed by atoms with Crippen LogP contribution >= 0.6 is 11.6 Å². The molecule has 0 aliphatic heterocycles. The number of hydrogen-bond acceptors (Lipinski definition) is 3. The molecule has 1 unspecified atom stereocenters. The Morgan fingerprint density at radius 3 is 2.55 bits per heavy atom. The largest absolute Gasteiger partial charge is 0.387 e. The van der Waals surface area contributed by atoms with Gasteiger partial charge in [0, 0.05) is 24.8 Å². The van der Waals surface area contributed by atoms with Crippen molar-refractivity contribution in [2.45, 2.75) is 6.10 Å². The monoisotopic (exact) mass is 321 g/mol. The van der Waals surface area contributed by atoms with Crippen LogP contribution in [-0.2, 0) is 7.05 Å². The van der Waals surface area contributed by atoms with Gasteiger partial charge in [0.1, 0.15) is 5.69 Å². The molecule has 4 N–H and O–H groups in total. The first kappa shape index (κ1) is 16.1. The van der Waals surface area contributed by atoms with E-state index in [1.165, 1.54) is 16.8 Å². The van der Waals surface area contributed by atoms with E-state index in [2.05, 4.69) is 5.32 Å². The zero-order valence-electron chi connectivity index (χ0n) is 11.9. The number of amides is 2. The maximum atomic E-state index is 12.1. The molecule has 1 aromatic carbocycles. The number of hydrogen-bond donors (Lipinski definition) is 3. The predicted molar refractivity (Wildman–Crippen MR) is 82.7 cm³/mol.